The molecule has 21 heavy (non-hydrogen) atoms. The fraction of sp³-hybridized carbons (Fsp3) is 0.250. The van der Waals surface area contributed by atoms with E-state index in [4.69, 9.17) is 5.11 Å². The van der Waals surface area contributed by atoms with Gasteiger partial charge in [-0.15, -0.1) is 11.3 Å². The van der Waals surface area contributed by atoms with Crippen molar-refractivity contribution in [3.8, 4) is 0 Å². The quantitative estimate of drug-likeness (QED) is 0.910. The minimum atomic E-state index is -1.02. The first-order valence-electron chi connectivity index (χ1n) is 6.89. The number of fused-ring (bicyclic) bond motifs is 1. The summed E-state index contributed by atoms with van der Waals surface area (Å²) < 4.78 is 0. The summed E-state index contributed by atoms with van der Waals surface area (Å²) in [5, 5.41) is 13.4. The number of rotatable bonds is 3. The first-order valence-corrected chi connectivity index (χ1v) is 7.77. The van der Waals surface area contributed by atoms with Crippen LogP contribution in [0.15, 0.2) is 29.6 Å². The molecule has 0 saturated heterocycles. The van der Waals surface area contributed by atoms with Crippen LogP contribution in [-0.2, 0) is 12.8 Å². The molecule has 1 aliphatic carbocycles. The molecule has 1 aromatic carbocycles. The van der Waals surface area contributed by atoms with Gasteiger partial charge in [-0.1, -0.05) is 6.07 Å². The van der Waals surface area contributed by atoms with E-state index < -0.39 is 5.97 Å². The Morgan fingerprint density at radius 3 is 2.62 bits per heavy atom. The van der Waals surface area contributed by atoms with Crippen molar-refractivity contribution in [2.24, 2.45) is 0 Å². The van der Waals surface area contributed by atoms with Gasteiger partial charge in [0.25, 0.3) is 5.91 Å². The van der Waals surface area contributed by atoms with Crippen molar-refractivity contribution in [1.82, 2.24) is 0 Å². The van der Waals surface area contributed by atoms with Gasteiger partial charge in [0.2, 0.25) is 0 Å². The summed E-state index contributed by atoms with van der Waals surface area (Å²) in [6.45, 7) is 0. The Labute approximate surface area is 126 Å². The number of carbonyl (C=O) groups is 2. The third kappa shape index (κ3) is 2.83. The highest BCUT2D eigenvalue weighted by Crippen LogP contribution is 2.25. The Kier molecular flexibility index (Phi) is 3.75. The second-order valence-electron chi connectivity index (χ2n) is 5.11. The van der Waals surface area contributed by atoms with Gasteiger partial charge < -0.3 is 10.4 Å². The Balaban J connectivity index is 1.82. The number of carbonyl (C=O) groups excluding carboxylic acids is 1. The Morgan fingerprint density at radius 1 is 1.10 bits per heavy atom. The largest absolute Gasteiger partial charge is 0.477 e. The highest BCUT2D eigenvalue weighted by molar-refractivity contribution is 7.12. The lowest BCUT2D eigenvalue weighted by atomic mass is 9.90. The van der Waals surface area contributed by atoms with E-state index in [0.717, 1.165) is 30.6 Å². The van der Waals surface area contributed by atoms with E-state index in [9.17, 15) is 9.59 Å². The van der Waals surface area contributed by atoms with Crippen molar-refractivity contribution in [2.45, 2.75) is 25.7 Å². The lowest BCUT2D eigenvalue weighted by Crippen LogP contribution is -2.14. The van der Waals surface area contributed by atoms with Crippen LogP contribution in [0.3, 0.4) is 0 Å². The zero-order valence-corrected chi connectivity index (χ0v) is 12.2. The molecule has 5 heteroatoms. The predicted molar refractivity (Wildman–Crippen MR) is 82.3 cm³/mol. The van der Waals surface area contributed by atoms with Gasteiger partial charge in [0, 0.05) is 5.56 Å². The predicted octanol–water partition coefficient (Wildman–Crippen LogP) is 3.58. The number of nitrogens with one attached hydrogen (secondary N) is 1. The number of benzene rings is 1. The van der Waals surface area contributed by atoms with Gasteiger partial charge in [0.05, 0.1) is 5.69 Å². The standard InChI is InChI=1S/C16H15NO3S/c18-15(17-13-7-8-21-14(13)16(19)20)12-6-5-10-3-1-2-4-11(10)9-12/h5-9H,1-4H2,(H,17,18)(H,19,20). The average molecular weight is 301 g/mol. The topological polar surface area (TPSA) is 66.4 Å². The molecule has 2 N–H and O–H groups in total. The van der Waals surface area contributed by atoms with Gasteiger partial charge in [-0.25, -0.2) is 4.79 Å². The highest BCUT2D eigenvalue weighted by atomic mass is 32.1. The van der Waals surface area contributed by atoms with Crippen molar-refractivity contribution in [2.75, 3.05) is 5.32 Å². The van der Waals surface area contributed by atoms with E-state index in [2.05, 4.69) is 5.32 Å². The SMILES string of the molecule is O=C(Nc1ccsc1C(=O)O)c1ccc2c(c1)CCCC2. The molecule has 0 saturated carbocycles. The van der Waals surface area contributed by atoms with Crippen LogP contribution in [0.1, 0.15) is 44.0 Å². The van der Waals surface area contributed by atoms with Crippen LogP contribution in [0.25, 0.3) is 0 Å². The van der Waals surface area contributed by atoms with Gasteiger partial charge in [-0.2, -0.15) is 0 Å². The Morgan fingerprint density at radius 2 is 1.86 bits per heavy atom. The number of aryl methyl sites for hydroxylation is 2. The first kappa shape index (κ1) is 13.8. The normalized spacial score (nSPS) is 13.5. The minimum absolute atomic E-state index is 0.154. The molecule has 0 spiro atoms. The molecule has 0 radical (unpaired) electrons. The van der Waals surface area contributed by atoms with E-state index in [0.29, 0.717) is 11.3 Å². The van der Waals surface area contributed by atoms with E-state index >= 15 is 0 Å². The molecule has 0 unspecified atom stereocenters. The monoisotopic (exact) mass is 301 g/mol. The number of thiophene rings is 1. The summed E-state index contributed by atoms with van der Waals surface area (Å²) in [7, 11) is 0. The maximum absolute atomic E-state index is 12.3. The molecular weight excluding hydrogens is 286 g/mol. The smallest absolute Gasteiger partial charge is 0.348 e. The van der Waals surface area contributed by atoms with Crippen LogP contribution >= 0.6 is 11.3 Å². The zero-order chi connectivity index (χ0) is 14.8. The lowest BCUT2D eigenvalue weighted by Gasteiger charge is -2.16. The molecule has 4 nitrogen and oxygen atoms in total. The number of carboxylic acid groups (broad SMARTS) is 1. The van der Waals surface area contributed by atoms with Crippen molar-refractivity contribution in [3.05, 3.63) is 51.2 Å². The summed E-state index contributed by atoms with van der Waals surface area (Å²) >= 11 is 1.10. The zero-order valence-electron chi connectivity index (χ0n) is 11.4. The van der Waals surface area contributed by atoms with Crippen molar-refractivity contribution in [3.63, 3.8) is 0 Å². The van der Waals surface area contributed by atoms with Crippen LogP contribution in [0, 0.1) is 0 Å². The van der Waals surface area contributed by atoms with Crippen LogP contribution in [0.4, 0.5) is 5.69 Å². The van der Waals surface area contributed by atoms with Crippen molar-refractivity contribution < 1.29 is 14.7 Å². The molecule has 0 bridgehead atoms. The highest BCUT2D eigenvalue weighted by Gasteiger charge is 2.16. The molecule has 1 heterocycles. The second-order valence-corrected chi connectivity index (χ2v) is 6.03. The molecule has 1 aliphatic rings. The summed E-state index contributed by atoms with van der Waals surface area (Å²) in [5.41, 5.74) is 3.49. The summed E-state index contributed by atoms with van der Waals surface area (Å²) in [6, 6.07) is 7.36. The molecule has 2 aromatic rings. The van der Waals surface area contributed by atoms with E-state index in [-0.39, 0.29) is 10.8 Å². The summed E-state index contributed by atoms with van der Waals surface area (Å²) in [6.07, 6.45) is 4.45. The number of hydrogen-bond acceptors (Lipinski definition) is 3. The first-order chi connectivity index (χ1) is 10.1. The lowest BCUT2D eigenvalue weighted by molar-refractivity contribution is 0.0703. The Hall–Kier alpha value is -2.14. The van der Waals surface area contributed by atoms with Gasteiger partial charge in [0.1, 0.15) is 4.88 Å². The van der Waals surface area contributed by atoms with Crippen LogP contribution in [-0.4, -0.2) is 17.0 Å². The number of anilines is 1. The van der Waals surface area contributed by atoms with Gasteiger partial charge in [-0.05, 0) is 60.4 Å². The number of amides is 1. The third-order valence-electron chi connectivity index (χ3n) is 3.72. The van der Waals surface area contributed by atoms with Crippen LogP contribution in [0.2, 0.25) is 0 Å². The fourth-order valence-electron chi connectivity index (χ4n) is 2.64. The molecule has 3 rings (SSSR count). The molecular formula is C16H15NO3S. The van der Waals surface area contributed by atoms with E-state index in [1.807, 2.05) is 18.2 Å². The van der Waals surface area contributed by atoms with E-state index in [1.165, 1.54) is 17.5 Å². The summed E-state index contributed by atoms with van der Waals surface area (Å²) in [5.74, 6) is -1.28. The molecule has 0 fully saturated rings. The van der Waals surface area contributed by atoms with Crippen LogP contribution < -0.4 is 5.32 Å². The average Bonchev–Trinajstić information content (AvgIpc) is 2.95. The Bertz CT molecular complexity index is 705. The number of hydrogen-bond donors (Lipinski definition) is 2. The molecule has 1 amide bonds. The molecule has 0 atom stereocenters. The number of aromatic carboxylic acids is 1. The third-order valence-corrected chi connectivity index (χ3v) is 4.62. The summed E-state index contributed by atoms with van der Waals surface area (Å²) in [4.78, 5) is 23.5. The minimum Gasteiger partial charge on any atom is -0.477 e. The van der Waals surface area contributed by atoms with Gasteiger partial charge >= 0.3 is 5.97 Å². The van der Waals surface area contributed by atoms with Crippen molar-refractivity contribution in [1.29, 1.82) is 0 Å². The molecule has 0 aliphatic heterocycles. The van der Waals surface area contributed by atoms with Crippen molar-refractivity contribution >= 4 is 28.9 Å². The second kappa shape index (κ2) is 5.69. The molecule has 108 valence electrons. The van der Waals surface area contributed by atoms with Crippen LogP contribution in [0.5, 0.6) is 0 Å². The maximum Gasteiger partial charge on any atom is 0.348 e. The maximum atomic E-state index is 12.3. The van der Waals surface area contributed by atoms with Gasteiger partial charge in [0.15, 0.2) is 0 Å². The fourth-order valence-corrected chi connectivity index (χ4v) is 3.33. The van der Waals surface area contributed by atoms with Gasteiger partial charge in [-0.3, -0.25) is 4.79 Å². The molecule has 1 aromatic heterocycles. The van der Waals surface area contributed by atoms with E-state index in [1.54, 1.807) is 11.4 Å². The number of carboxylic acids is 1.